The van der Waals surface area contributed by atoms with Gasteiger partial charge in [-0.2, -0.15) is 0 Å². The highest BCUT2D eigenvalue weighted by atomic mass is 16.6. The number of hydrogen-bond acceptors (Lipinski definition) is 6. The molecule has 3 aromatic rings. The van der Waals surface area contributed by atoms with Gasteiger partial charge in [0.1, 0.15) is 12.4 Å². The minimum atomic E-state index is 0.110. The SMILES string of the molecule is COc1ccnc(COc2nnc(-c3ccccc3)o2)c1. The summed E-state index contributed by atoms with van der Waals surface area (Å²) in [6.07, 6.45) is 1.76. The molecule has 2 aromatic heterocycles. The summed E-state index contributed by atoms with van der Waals surface area (Å²) in [6, 6.07) is 13.1. The van der Waals surface area contributed by atoms with Gasteiger partial charge in [0.25, 0.3) is 5.89 Å². The molecule has 2 heterocycles. The van der Waals surface area contributed by atoms with Crippen molar-refractivity contribution in [1.29, 1.82) is 0 Å². The Morgan fingerprint density at radius 3 is 2.76 bits per heavy atom. The molecule has 0 aliphatic carbocycles. The Bertz CT molecular complexity index is 713. The van der Waals surface area contributed by atoms with Crippen LogP contribution >= 0.6 is 0 Å². The highest BCUT2D eigenvalue weighted by molar-refractivity contribution is 5.51. The molecular formula is C15H13N3O3. The van der Waals surface area contributed by atoms with Gasteiger partial charge in [0.05, 0.1) is 12.8 Å². The van der Waals surface area contributed by atoms with E-state index in [1.807, 2.05) is 30.3 Å². The fraction of sp³-hybridized carbons (Fsp3) is 0.133. The van der Waals surface area contributed by atoms with Crippen molar-refractivity contribution in [2.24, 2.45) is 0 Å². The second-order valence-electron chi connectivity index (χ2n) is 4.21. The first-order valence-corrected chi connectivity index (χ1v) is 6.36. The first-order chi connectivity index (χ1) is 10.3. The predicted molar refractivity (Wildman–Crippen MR) is 74.9 cm³/mol. The third-order valence-electron chi connectivity index (χ3n) is 2.79. The Hall–Kier alpha value is -2.89. The van der Waals surface area contributed by atoms with Crippen molar-refractivity contribution in [2.75, 3.05) is 7.11 Å². The van der Waals surface area contributed by atoms with E-state index >= 15 is 0 Å². The normalized spacial score (nSPS) is 10.3. The Balaban J connectivity index is 1.67. The molecule has 0 amide bonds. The highest BCUT2D eigenvalue weighted by Gasteiger charge is 2.09. The average molecular weight is 283 g/mol. The summed E-state index contributed by atoms with van der Waals surface area (Å²) >= 11 is 0. The van der Waals surface area contributed by atoms with Crippen LogP contribution in [-0.4, -0.2) is 22.3 Å². The molecule has 0 aliphatic heterocycles. The first-order valence-electron chi connectivity index (χ1n) is 6.36. The van der Waals surface area contributed by atoms with Crippen molar-refractivity contribution < 1.29 is 13.9 Å². The number of ether oxygens (including phenoxy) is 2. The average Bonchev–Trinajstić information content (AvgIpc) is 3.03. The van der Waals surface area contributed by atoms with Crippen LogP contribution in [0, 0.1) is 0 Å². The molecule has 0 aliphatic rings. The Labute approximate surface area is 121 Å². The fourth-order valence-corrected chi connectivity index (χ4v) is 1.76. The smallest absolute Gasteiger partial charge is 0.415 e. The van der Waals surface area contributed by atoms with Gasteiger partial charge < -0.3 is 13.9 Å². The highest BCUT2D eigenvalue weighted by Crippen LogP contribution is 2.21. The van der Waals surface area contributed by atoms with E-state index in [0.29, 0.717) is 11.6 Å². The molecule has 106 valence electrons. The molecule has 0 saturated heterocycles. The van der Waals surface area contributed by atoms with Gasteiger partial charge in [0, 0.05) is 17.8 Å². The van der Waals surface area contributed by atoms with Crippen molar-refractivity contribution in [3.63, 3.8) is 0 Å². The molecule has 0 spiro atoms. The molecule has 0 radical (unpaired) electrons. The zero-order valence-corrected chi connectivity index (χ0v) is 11.4. The van der Waals surface area contributed by atoms with Gasteiger partial charge in [-0.15, -0.1) is 5.10 Å². The van der Waals surface area contributed by atoms with E-state index in [9.17, 15) is 0 Å². The summed E-state index contributed by atoms with van der Waals surface area (Å²) in [5.41, 5.74) is 1.56. The molecule has 0 bridgehead atoms. The van der Waals surface area contributed by atoms with Crippen LogP contribution in [0.15, 0.2) is 53.1 Å². The van der Waals surface area contributed by atoms with Gasteiger partial charge in [0.2, 0.25) is 0 Å². The molecule has 6 nitrogen and oxygen atoms in total. The summed E-state index contributed by atoms with van der Waals surface area (Å²) in [7, 11) is 1.60. The van der Waals surface area contributed by atoms with Gasteiger partial charge in [0.15, 0.2) is 0 Å². The maximum atomic E-state index is 5.44. The Kier molecular flexibility index (Phi) is 3.77. The quantitative estimate of drug-likeness (QED) is 0.717. The van der Waals surface area contributed by atoms with Crippen LogP contribution in [0.3, 0.4) is 0 Å². The summed E-state index contributed by atoms with van der Waals surface area (Å²) in [4.78, 5) is 4.17. The summed E-state index contributed by atoms with van der Waals surface area (Å²) in [5.74, 6) is 1.14. The molecular weight excluding hydrogens is 270 g/mol. The number of benzene rings is 1. The van der Waals surface area contributed by atoms with Crippen LogP contribution < -0.4 is 9.47 Å². The number of nitrogens with zero attached hydrogens (tertiary/aromatic N) is 3. The van der Waals surface area contributed by atoms with E-state index in [4.69, 9.17) is 13.9 Å². The largest absolute Gasteiger partial charge is 0.497 e. The topological polar surface area (TPSA) is 70.3 Å². The van der Waals surface area contributed by atoms with Gasteiger partial charge in [-0.05, 0) is 18.2 Å². The van der Waals surface area contributed by atoms with E-state index in [1.54, 1.807) is 25.4 Å². The molecule has 3 rings (SSSR count). The lowest BCUT2D eigenvalue weighted by Crippen LogP contribution is -1.98. The van der Waals surface area contributed by atoms with Crippen LogP contribution in [-0.2, 0) is 6.61 Å². The Morgan fingerprint density at radius 1 is 1.10 bits per heavy atom. The van der Waals surface area contributed by atoms with Gasteiger partial charge in [-0.3, -0.25) is 4.98 Å². The van der Waals surface area contributed by atoms with Crippen LogP contribution in [0.2, 0.25) is 0 Å². The van der Waals surface area contributed by atoms with Crippen LogP contribution in [0.5, 0.6) is 11.8 Å². The second kappa shape index (κ2) is 6.04. The van der Waals surface area contributed by atoms with Crippen molar-refractivity contribution in [2.45, 2.75) is 6.61 Å². The maximum Gasteiger partial charge on any atom is 0.415 e. The molecule has 21 heavy (non-hydrogen) atoms. The van der Waals surface area contributed by atoms with Crippen molar-refractivity contribution >= 4 is 0 Å². The molecule has 0 N–H and O–H groups in total. The van der Waals surface area contributed by atoms with Crippen LogP contribution in [0.1, 0.15) is 5.69 Å². The van der Waals surface area contributed by atoms with Gasteiger partial charge in [-0.1, -0.05) is 23.3 Å². The third kappa shape index (κ3) is 3.17. The van der Waals surface area contributed by atoms with Gasteiger partial charge >= 0.3 is 6.08 Å². The lowest BCUT2D eigenvalue weighted by Gasteiger charge is -2.03. The third-order valence-corrected chi connectivity index (χ3v) is 2.79. The van der Waals surface area contributed by atoms with E-state index in [0.717, 1.165) is 11.3 Å². The van der Waals surface area contributed by atoms with Crippen molar-refractivity contribution in [3.8, 4) is 23.3 Å². The number of aromatic nitrogens is 3. The van der Waals surface area contributed by atoms with Crippen LogP contribution in [0.25, 0.3) is 11.5 Å². The minimum Gasteiger partial charge on any atom is -0.497 e. The van der Waals surface area contributed by atoms with E-state index in [1.165, 1.54) is 0 Å². The standard InChI is InChI=1S/C15H13N3O3/c1-19-13-7-8-16-12(9-13)10-20-15-18-17-14(21-15)11-5-3-2-4-6-11/h2-9H,10H2,1H3. The van der Waals surface area contributed by atoms with E-state index in [2.05, 4.69) is 15.2 Å². The molecule has 1 aromatic carbocycles. The van der Waals surface area contributed by atoms with Crippen molar-refractivity contribution in [3.05, 3.63) is 54.4 Å². The van der Waals surface area contributed by atoms with Gasteiger partial charge in [-0.25, -0.2) is 0 Å². The zero-order valence-electron chi connectivity index (χ0n) is 11.4. The number of pyridine rings is 1. The van der Waals surface area contributed by atoms with E-state index < -0.39 is 0 Å². The second-order valence-corrected chi connectivity index (χ2v) is 4.21. The predicted octanol–water partition coefficient (Wildman–Crippen LogP) is 2.72. The fourth-order valence-electron chi connectivity index (χ4n) is 1.76. The number of rotatable bonds is 5. The first kappa shape index (κ1) is 13.1. The molecule has 0 atom stereocenters. The van der Waals surface area contributed by atoms with Crippen molar-refractivity contribution in [1.82, 2.24) is 15.2 Å². The molecule has 0 unspecified atom stereocenters. The summed E-state index contributed by atoms with van der Waals surface area (Å²) in [5, 5.41) is 7.80. The van der Waals surface area contributed by atoms with Crippen LogP contribution in [0.4, 0.5) is 0 Å². The Morgan fingerprint density at radius 2 is 1.95 bits per heavy atom. The number of methoxy groups -OCH3 is 1. The zero-order chi connectivity index (χ0) is 14.5. The minimum absolute atomic E-state index is 0.110. The lowest BCUT2D eigenvalue weighted by molar-refractivity contribution is 0.218. The summed E-state index contributed by atoms with van der Waals surface area (Å²) in [6.45, 7) is 0.230. The summed E-state index contributed by atoms with van der Waals surface area (Å²) < 4.78 is 16.0. The molecule has 6 heteroatoms. The number of hydrogen-bond donors (Lipinski definition) is 0. The maximum absolute atomic E-state index is 5.44. The molecule has 0 saturated carbocycles. The molecule has 0 fully saturated rings. The lowest BCUT2D eigenvalue weighted by atomic mass is 10.2. The monoisotopic (exact) mass is 283 g/mol. The van der Waals surface area contributed by atoms with E-state index in [-0.39, 0.29) is 12.7 Å².